The van der Waals surface area contributed by atoms with E-state index in [1.54, 1.807) is 32.9 Å². The average molecular weight is 397 g/mol. The van der Waals surface area contributed by atoms with Crippen LogP contribution < -0.4 is 5.46 Å². The Hall–Kier alpha value is -2.07. The predicted molar refractivity (Wildman–Crippen MR) is 100 cm³/mol. The molecule has 2 atom stereocenters. The van der Waals surface area contributed by atoms with Crippen LogP contribution in [-0.4, -0.2) is 64.6 Å². The summed E-state index contributed by atoms with van der Waals surface area (Å²) in [5.74, 6) is -0.653. The van der Waals surface area contributed by atoms with Crippen molar-refractivity contribution in [2.24, 2.45) is 0 Å². The van der Waals surface area contributed by atoms with Gasteiger partial charge in [-0.15, -0.1) is 0 Å². The third-order valence-corrected chi connectivity index (χ3v) is 5.31. The van der Waals surface area contributed by atoms with Crippen LogP contribution in [0.3, 0.4) is 0 Å². The molecule has 1 fully saturated rings. The summed E-state index contributed by atoms with van der Waals surface area (Å²) < 4.78 is 40.3. The molecule has 0 radical (unpaired) electrons. The minimum Gasteiger partial charge on any atom is -0.467 e. The van der Waals surface area contributed by atoms with Crippen molar-refractivity contribution in [3.05, 3.63) is 24.3 Å². The molecule has 1 amide bonds. The number of carbonyl (C=O) groups excluding carboxylic acids is 2. The van der Waals surface area contributed by atoms with Crippen molar-refractivity contribution in [2.45, 2.75) is 49.8 Å². The molecule has 27 heavy (non-hydrogen) atoms. The number of ether oxygens (including phenoxy) is 2. The Morgan fingerprint density at radius 3 is 2.30 bits per heavy atom. The molecule has 1 saturated heterocycles. The molecule has 1 aliphatic heterocycles. The lowest BCUT2D eigenvalue weighted by Crippen LogP contribution is -2.44. The van der Waals surface area contributed by atoms with Gasteiger partial charge in [0.1, 0.15) is 19.5 Å². The maximum absolute atomic E-state index is 12.5. The SMILES string of the molecule is Bc1ccc(S(=O)(=O)O[C@H]2C[C@@H](C(=O)OC)N(C(=O)OC(C)(C)C)C2)cc1. The molecule has 148 valence electrons. The zero-order valence-corrected chi connectivity index (χ0v) is 16.9. The first kappa shape index (κ1) is 21.2. The van der Waals surface area contributed by atoms with E-state index in [0.29, 0.717) is 0 Å². The second-order valence-electron chi connectivity index (χ2n) is 7.39. The van der Waals surface area contributed by atoms with Gasteiger partial charge in [0.15, 0.2) is 0 Å². The molecule has 1 aromatic rings. The van der Waals surface area contributed by atoms with Crippen molar-refractivity contribution < 1.29 is 31.7 Å². The first-order chi connectivity index (χ1) is 12.4. The van der Waals surface area contributed by atoms with Crippen molar-refractivity contribution in [2.75, 3.05) is 13.7 Å². The highest BCUT2D eigenvalue weighted by molar-refractivity contribution is 7.86. The summed E-state index contributed by atoms with van der Waals surface area (Å²) >= 11 is 0. The molecule has 0 bridgehead atoms. The molecule has 0 aliphatic carbocycles. The second-order valence-corrected chi connectivity index (χ2v) is 8.96. The van der Waals surface area contributed by atoms with E-state index in [1.807, 2.05) is 7.85 Å². The van der Waals surface area contributed by atoms with Crippen LogP contribution in [0, 0.1) is 0 Å². The number of likely N-dealkylation sites (tertiary alicyclic amines) is 1. The van der Waals surface area contributed by atoms with Crippen LogP contribution >= 0.6 is 0 Å². The maximum Gasteiger partial charge on any atom is 0.411 e. The van der Waals surface area contributed by atoms with Gasteiger partial charge in [0.05, 0.1) is 24.7 Å². The molecule has 1 aliphatic rings. The van der Waals surface area contributed by atoms with Gasteiger partial charge in [-0.05, 0) is 32.9 Å². The summed E-state index contributed by atoms with van der Waals surface area (Å²) in [7, 11) is -0.989. The molecular formula is C17H24BNO7S. The molecule has 0 unspecified atom stereocenters. The Balaban J connectivity index is 2.18. The molecule has 10 heteroatoms. The molecule has 0 N–H and O–H groups in total. The van der Waals surface area contributed by atoms with Crippen LogP contribution in [0.2, 0.25) is 0 Å². The largest absolute Gasteiger partial charge is 0.467 e. The van der Waals surface area contributed by atoms with Crippen LogP contribution in [0.25, 0.3) is 0 Å². The van der Waals surface area contributed by atoms with Crippen LogP contribution in [0.15, 0.2) is 29.2 Å². The van der Waals surface area contributed by atoms with Gasteiger partial charge in [-0.2, -0.15) is 8.42 Å². The van der Waals surface area contributed by atoms with Gasteiger partial charge < -0.3 is 9.47 Å². The third kappa shape index (κ3) is 5.46. The number of esters is 1. The van der Waals surface area contributed by atoms with E-state index in [0.717, 1.165) is 10.4 Å². The fraction of sp³-hybridized carbons (Fsp3) is 0.529. The topological polar surface area (TPSA) is 99.2 Å². The molecule has 0 spiro atoms. The Labute approximate surface area is 160 Å². The second kappa shape index (κ2) is 7.89. The number of rotatable bonds is 4. The number of benzene rings is 1. The number of carbonyl (C=O) groups is 2. The van der Waals surface area contributed by atoms with E-state index in [4.69, 9.17) is 13.7 Å². The van der Waals surface area contributed by atoms with Crippen molar-refractivity contribution in [3.63, 3.8) is 0 Å². The van der Waals surface area contributed by atoms with Gasteiger partial charge in [-0.1, -0.05) is 17.6 Å². The first-order valence-corrected chi connectivity index (χ1v) is 9.91. The minimum absolute atomic E-state index is 0.00297. The molecule has 0 saturated carbocycles. The molecule has 1 aromatic carbocycles. The van der Waals surface area contributed by atoms with Crippen LogP contribution in [0.4, 0.5) is 4.79 Å². The molecule has 0 aromatic heterocycles. The highest BCUT2D eigenvalue weighted by atomic mass is 32.2. The zero-order valence-electron chi connectivity index (χ0n) is 16.1. The highest BCUT2D eigenvalue weighted by Crippen LogP contribution is 2.26. The monoisotopic (exact) mass is 397 g/mol. The van der Waals surface area contributed by atoms with E-state index in [2.05, 4.69) is 0 Å². The lowest BCUT2D eigenvalue weighted by Gasteiger charge is -2.27. The average Bonchev–Trinajstić information content (AvgIpc) is 2.96. The van der Waals surface area contributed by atoms with Crippen molar-refractivity contribution in [1.82, 2.24) is 4.90 Å². The fourth-order valence-corrected chi connectivity index (χ4v) is 3.77. The summed E-state index contributed by atoms with van der Waals surface area (Å²) in [5, 5.41) is 0. The van der Waals surface area contributed by atoms with Gasteiger partial charge in [-0.3, -0.25) is 9.08 Å². The van der Waals surface area contributed by atoms with E-state index >= 15 is 0 Å². The third-order valence-electron chi connectivity index (χ3n) is 3.94. The zero-order chi connectivity index (χ0) is 20.4. The standard InChI is InChI=1S/C17H24BNO7S/c1-17(2,3)25-16(21)19-10-12(9-14(19)15(20)24-4)26-27(22,23)13-7-5-11(18)6-8-13/h5-8,12,14H,9-10,18H2,1-4H3/t12-,14-/m0/s1. The van der Waals surface area contributed by atoms with Gasteiger partial charge in [-0.25, -0.2) is 9.59 Å². The normalized spacial score (nSPS) is 20.4. The van der Waals surface area contributed by atoms with E-state index in [9.17, 15) is 18.0 Å². The Kier molecular flexibility index (Phi) is 6.21. The first-order valence-electron chi connectivity index (χ1n) is 8.50. The number of methoxy groups -OCH3 is 1. The number of hydrogen-bond donors (Lipinski definition) is 0. The summed E-state index contributed by atoms with van der Waals surface area (Å²) in [6.45, 7) is 5.00. The molecule has 1 heterocycles. The van der Waals surface area contributed by atoms with Gasteiger partial charge in [0.2, 0.25) is 0 Å². The number of amides is 1. The molecule has 2 rings (SSSR count). The maximum atomic E-state index is 12.5. The summed E-state index contributed by atoms with van der Waals surface area (Å²) in [6.07, 6.45) is -1.61. The number of nitrogens with zero attached hydrogens (tertiary/aromatic N) is 1. The van der Waals surface area contributed by atoms with Crippen molar-refractivity contribution >= 4 is 35.5 Å². The minimum atomic E-state index is -4.03. The quantitative estimate of drug-likeness (QED) is 0.407. The van der Waals surface area contributed by atoms with E-state index < -0.39 is 39.9 Å². The Morgan fingerprint density at radius 1 is 1.19 bits per heavy atom. The smallest absolute Gasteiger partial charge is 0.411 e. The van der Waals surface area contributed by atoms with Gasteiger partial charge in [0, 0.05) is 6.42 Å². The van der Waals surface area contributed by atoms with Crippen LogP contribution in [0.1, 0.15) is 27.2 Å². The Bertz CT molecular complexity index is 802. The summed E-state index contributed by atoms with van der Waals surface area (Å²) in [6, 6.07) is 5.25. The fourth-order valence-electron chi connectivity index (χ4n) is 2.69. The summed E-state index contributed by atoms with van der Waals surface area (Å²) in [5.41, 5.74) is 0.154. The lowest BCUT2D eigenvalue weighted by atomic mass is 9.97. The van der Waals surface area contributed by atoms with Gasteiger partial charge >= 0.3 is 12.1 Å². The van der Waals surface area contributed by atoms with Crippen LogP contribution in [0.5, 0.6) is 0 Å². The lowest BCUT2D eigenvalue weighted by molar-refractivity contribution is -0.145. The summed E-state index contributed by atoms with van der Waals surface area (Å²) in [4.78, 5) is 25.6. The van der Waals surface area contributed by atoms with Crippen molar-refractivity contribution in [3.8, 4) is 0 Å². The van der Waals surface area contributed by atoms with Crippen LogP contribution in [-0.2, 0) is 28.6 Å². The molecular weight excluding hydrogens is 373 g/mol. The molecule has 8 nitrogen and oxygen atoms in total. The highest BCUT2D eigenvalue weighted by Gasteiger charge is 2.44. The van der Waals surface area contributed by atoms with Crippen molar-refractivity contribution in [1.29, 1.82) is 0 Å². The number of hydrogen-bond acceptors (Lipinski definition) is 7. The van der Waals surface area contributed by atoms with Gasteiger partial charge in [0.25, 0.3) is 10.1 Å². The Morgan fingerprint density at radius 2 is 1.78 bits per heavy atom. The predicted octanol–water partition coefficient (Wildman–Crippen LogP) is 0.201. The van der Waals surface area contributed by atoms with E-state index in [1.165, 1.54) is 19.2 Å². The van der Waals surface area contributed by atoms with E-state index in [-0.39, 0.29) is 17.9 Å².